The molecule has 9 heteroatoms. The van der Waals surface area contributed by atoms with Gasteiger partial charge in [0, 0.05) is 31.8 Å². The molecule has 2 atom stereocenters. The van der Waals surface area contributed by atoms with Gasteiger partial charge in [0.2, 0.25) is 0 Å². The number of likely N-dealkylation sites (tertiary alicyclic amines) is 1. The summed E-state index contributed by atoms with van der Waals surface area (Å²) < 4.78 is 42.8. The van der Waals surface area contributed by atoms with E-state index in [0.717, 1.165) is 37.4 Å². The van der Waals surface area contributed by atoms with Crippen molar-refractivity contribution in [1.29, 1.82) is 0 Å². The van der Waals surface area contributed by atoms with Crippen LogP contribution in [0.2, 0.25) is 0 Å². The van der Waals surface area contributed by atoms with Crippen LogP contribution in [0.25, 0.3) is 0 Å². The molecule has 1 aliphatic heterocycles. The molecular formula is C20H25F3N2O4. The standard InChI is InChI=1S/C18H24N2O2.C2HF3O2/c1-13-16(14(2)22-19-13)12-20-10-9-18(21-3)17(20)11-15-7-5-4-6-8-15;3-2(4,5)1(6)7/h4-8,17-18H,9-12H2,1-3H3;(H,6,7)/t17-,18+;/m0./s1. The molecule has 3 rings (SSSR count). The Labute approximate surface area is 167 Å². The van der Waals surface area contributed by atoms with Crippen LogP contribution in [0.1, 0.15) is 29.0 Å². The molecule has 160 valence electrons. The van der Waals surface area contributed by atoms with E-state index in [1.807, 2.05) is 21.0 Å². The van der Waals surface area contributed by atoms with Crippen molar-refractivity contribution in [3.63, 3.8) is 0 Å². The topological polar surface area (TPSA) is 75.8 Å². The molecule has 6 nitrogen and oxygen atoms in total. The van der Waals surface area contributed by atoms with Gasteiger partial charge in [-0.05, 0) is 32.3 Å². The summed E-state index contributed by atoms with van der Waals surface area (Å²) in [7, 11) is 1.82. The molecule has 29 heavy (non-hydrogen) atoms. The first-order valence-electron chi connectivity index (χ1n) is 9.16. The third-order valence-corrected chi connectivity index (χ3v) is 4.97. The van der Waals surface area contributed by atoms with E-state index in [-0.39, 0.29) is 0 Å². The van der Waals surface area contributed by atoms with Crippen LogP contribution in [0.15, 0.2) is 34.9 Å². The molecule has 1 aliphatic rings. The molecule has 0 spiro atoms. The van der Waals surface area contributed by atoms with Gasteiger partial charge in [-0.1, -0.05) is 35.5 Å². The quantitative estimate of drug-likeness (QED) is 0.803. The SMILES string of the molecule is CO[C@@H]1CCN(Cc2c(C)noc2C)[C@H]1Cc1ccccc1.O=C(O)C(F)(F)F. The molecule has 0 unspecified atom stereocenters. The van der Waals surface area contributed by atoms with E-state index in [0.29, 0.717) is 12.1 Å². The molecule has 0 radical (unpaired) electrons. The number of ether oxygens (including phenoxy) is 1. The van der Waals surface area contributed by atoms with Gasteiger partial charge >= 0.3 is 12.1 Å². The van der Waals surface area contributed by atoms with Gasteiger partial charge in [-0.15, -0.1) is 0 Å². The first kappa shape index (κ1) is 22.9. The van der Waals surface area contributed by atoms with Crippen LogP contribution in [0.5, 0.6) is 0 Å². The molecular weight excluding hydrogens is 389 g/mol. The Bertz CT molecular complexity index is 773. The molecule has 1 aromatic heterocycles. The van der Waals surface area contributed by atoms with Crippen molar-refractivity contribution in [2.45, 2.75) is 51.6 Å². The summed E-state index contributed by atoms with van der Waals surface area (Å²) >= 11 is 0. The van der Waals surface area contributed by atoms with Crippen LogP contribution in [0.3, 0.4) is 0 Å². The molecule has 2 aromatic rings. The second-order valence-corrected chi connectivity index (χ2v) is 6.90. The van der Waals surface area contributed by atoms with Crippen LogP contribution in [0.4, 0.5) is 13.2 Å². The van der Waals surface area contributed by atoms with Crippen molar-refractivity contribution >= 4 is 5.97 Å². The maximum Gasteiger partial charge on any atom is 0.490 e. The maximum atomic E-state index is 10.6. The van der Waals surface area contributed by atoms with Gasteiger partial charge in [0.1, 0.15) is 5.76 Å². The van der Waals surface area contributed by atoms with Crippen LogP contribution < -0.4 is 0 Å². The van der Waals surface area contributed by atoms with Crippen molar-refractivity contribution < 1.29 is 32.3 Å². The van der Waals surface area contributed by atoms with Gasteiger partial charge < -0.3 is 14.4 Å². The number of carboxylic acids is 1. The Morgan fingerprint density at radius 2 is 1.93 bits per heavy atom. The number of carboxylic acid groups (broad SMARTS) is 1. The van der Waals surface area contributed by atoms with E-state index in [1.54, 1.807) is 0 Å². The van der Waals surface area contributed by atoms with Crippen molar-refractivity contribution in [3.05, 3.63) is 52.9 Å². The molecule has 0 aliphatic carbocycles. The monoisotopic (exact) mass is 414 g/mol. The summed E-state index contributed by atoms with van der Waals surface area (Å²) in [4.78, 5) is 11.4. The number of nitrogens with zero attached hydrogens (tertiary/aromatic N) is 2. The number of halogens is 3. The third kappa shape index (κ3) is 6.30. The van der Waals surface area contributed by atoms with E-state index in [1.165, 1.54) is 11.1 Å². The largest absolute Gasteiger partial charge is 0.490 e. The summed E-state index contributed by atoms with van der Waals surface area (Å²) in [5.74, 6) is -1.83. The van der Waals surface area contributed by atoms with Crippen molar-refractivity contribution in [1.82, 2.24) is 10.1 Å². The summed E-state index contributed by atoms with van der Waals surface area (Å²) in [5, 5.41) is 11.2. The fourth-order valence-electron chi connectivity index (χ4n) is 3.40. The number of benzene rings is 1. The number of aryl methyl sites for hydroxylation is 2. The normalized spacial score (nSPS) is 19.7. The van der Waals surface area contributed by atoms with Crippen LogP contribution in [-0.2, 0) is 22.5 Å². The molecule has 1 saturated heterocycles. The number of alkyl halides is 3. The van der Waals surface area contributed by atoms with E-state index >= 15 is 0 Å². The van der Waals surface area contributed by atoms with Crippen molar-refractivity contribution in [3.8, 4) is 0 Å². The summed E-state index contributed by atoms with van der Waals surface area (Å²) in [6.45, 7) is 5.95. The highest BCUT2D eigenvalue weighted by atomic mass is 19.4. The second kappa shape index (κ2) is 9.89. The molecule has 1 N–H and O–H groups in total. The van der Waals surface area contributed by atoms with Crippen LogP contribution >= 0.6 is 0 Å². The molecule has 0 saturated carbocycles. The van der Waals surface area contributed by atoms with E-state index in [4.69, 9.17) is 19.2 Å². The number of rotatable bonds is 5. The number of aliphatic carboxylic acids is 1. The highest BCUT2D eigenvalue weighted by Gasteiger charge is 2.38. The predicted molar refractivity (Wildman–Crippen MR) is 99.4 cm³/mol. The lowest BCUT2D eigenvalue weighted by Crippen LogP contribution is -2.37. The van der Waals surface area contributed by atoms with E-state index < -0.39 is 12.1 Å². The zero-order valence-corrected chi connectivity index (χ0v) is 16.6. The third-order valence-electron chi connectivity index (χ3n) is 4.97. The highest BCUT2D eigenvalue weighted by Crippen LogP contribution is 2.27. The number of hydrogen-bond acceptors (Lipinski definition) is 5. The maximum absolute atomic E-state index is 10.6. The Kier molecular flexibility index (Phi) is 7.80. The highest BCUT2D eigenvalue weighted by molar-refractivity contribution is 5.73. The molecule has 1 fully saturated rings. The average molecular weight is 414 g/mol. The lowest BCUT2D eigenvalue weighted by molar-refractivity contribution is -0.192. The first-order chi connectivity index (χ1) is 13.6. The number of hydrogen-bond donors (Lipinski definition) is 1. The van der Waals surface area contributed by atoms with Gasteiger partial charge in [-0.2, -0.15) is 13.2 Å². The Hall–Kier alpha value is -2.39. The zero-order valence-electron chi connectivity index (χ0n) is 16.6. The minimum atomic E-state index is -5.08. The fraction of sp³-hybridized carbons (Fsp3) is 0.500. The Morgan fingerprint density at radius 1 is 1.31 bits per heavy atom. The van der Waals surface area contributed by atoms with Crippen molar-refractivity contribution in [2.75, 3.05) is 13.7 Å². The van der Waals surface area contributed by atoms with Gasteiger partial charge in [-0.25, -0.2) is 4.79 Å². The van der Waals surface area contributed by atoms with E-state index in [9.17, 15) is 13.2 Å². The number of carbonyl (C=O) groups is 1. The second-order valence-electron chi connectivity index (χ2n) is 6.90. The summed E-state index contributed by atoms with van der Waals surface area (Å²) in [6, 6.07) is 11.1. The minimum absolute atomic E-state index is 0.292. The number of aromatic nitrogens is 1. The minimum Gasteiger partial charge on any atom is -0.475 e. The van der Waals surface area contributed by atoms with Gasteiger partial charge in [0.05, 0.1) is 11.8 Å². The molecule has 2 heterocycles. The Morgan fingerprint density at radius 3 is 2.41 bits per heavy atom. The lowest BCUT2D eigenvalue weighted by atomic mass is 10.0. The fourth-order valence-corrected chi connectivity index (χ4v) is 3.40. The van der Waals surface area contributed by atoms with Gasteiger partial charge in [0.15, 0.2) is 0 Å². The van der Waals surface area contributed by atoms with Crippen LogP contribution in [-0.4, -0.2) is 53.1 Å². The summed E-state index contributed by atoms with van der Waals surface area (Å²) in [6.07, 6.45) is -2.69. The average Bonchev–Trinajstić information content (AvgIpc) is 3.20. The molecule has 0 amide bonds. The summed E-state index contributed by atoms with van der Waals surface area (Å²) in [5.41, 5.74) is 3.58. The van der Waals surface area contributed by atoms with Crippen LogP contribution in [0, 0.1) is 13.8 Å². The van der Waals surface area contributed by atoms with Gasteiger partial charge in [-0.3, -0.25) is 4.90 Å². The van der Waals surface area contributed by atoms with Gasteiger partial charge in [0.25, 0.3) is 0 Å². The van der Waals surface area contributed by atoms with Crippen molar-refractivity contribution in [2.24, 2.45) is 0 Å². The van der Waals surface area contributed by atoms with E-state index in [2.05, 4.69) is 40.4 Å². The molecule has 1 aromatic carbocycles. The lowest BCUT2D eigenvalue weighted by Gasteiger charge is -2.27. The number of methoxy groups -OCH3 is 1. The smallest absolute Gasteiger partial charge is 0.475 e. The predicted octanol–water partition coefficient (Wildman–Crippen LogP) is 3.76. The first-order valence-corrected chi connectivity index (χ1v) is 9.16. The zero-order chi connectivity index (χ0) is 21.6. The Balaban J connectivity index is 0.000000370. The molecule has 0 bridgehead atoms.